The Morgan fingerprint density at radius 1 is 0.969 bits per heavy atom. The molecule has 1 aliphatic heterocycles. The molecule has 3 aromatic rings. The highest BCUT2D eigenvalue weighted by Gasteiger charge is 2.39. The summed E-state index contributed by atoms with van der Waals surface area (Å²) in [6.45, 7) is 1.89. The number of amides is 2. The van der Waals surface area contributed by atoms with Crippen LogP contribution in [0.1, 0.15) is 16.7 Å². The molecular formula is C25H20ClFN2O3. The Morgan fingerprint density at radius 3 is 2.28 bits per heavy atom. The molecular weight excluding hydrogens is 431 g/mol. The number of carbonyl (C=O) groups is 2. The van der Waals surface area contributed by atoms with Crippen LogP contribution in [0.3, 0.4) is 0 Å². The van der Waals surface area contributed by atoms with E-state index in [1.54, 1.807) is 61.7 Å². The summed E-state index contributed by atoms with van der Waals surface area (Å²) in [5.41, 5.74) is 3.16. The summed E-state index contributed by atoms with van der Waals surface area (Å²) in [5.74, 6) is -0.638. The molecule has 2 amide bonds. The van der Waals surface area contributed by atoms with Gasteiger partial charge < -0.3 is 10.1 Å². The van der Waals surface area contributed by atoms with Crippen LogP contribution >= 0.6 is 11.6 Å². The van der Waals surface area contributed by atoms with Gasteiger partial charge in [0.15, 0.2) is 0 Å². The van der Waals surface area contributed by atoms with Gasteiger partial charge in [-0.3, -0.25) is 14.5 Å². The Balaban J connectivity index is 1.74. The number of carbonyl (C=O) groups excluding carboxylic acids is 2. The molecule has 0 unspecified atom stereocenters. The molecule has 0 saturated heterocycles. The fourth-order valence-corrected chi connectivity index (χ4v) is 3.76. The number of methoxy groups -OCH3 is 1. The third-order valence-corrected chi connectivity index (χ3v) is 5.48. The molecule has 32 heavy (non-hydrogen) atoms. The van der Waals surface area contributed by atoms with Crippen LogP contribution in [0.15, 0.2) is 72.4 Å². The van der Waals surface area contributed by atoms with E-state index in [0.717, 1.165) is 10.5 Å². The summed E-state index contributed by atoms with van der Waals surface area (Å²) in [6, 6.07) is 17.9. The predicted molar refractivity (Wildman–Crippen MR) is 122 cm³/mol. The maximum absolute atomic E-state index is 13.4. The van der Waals surface area contributed by atoms with Crippen LogP contribution in [-0.2, 0) is 16.1 Å². The smallest absolute Gasteiger partial charge is 0.278 e. The van der Waals surface area contributed by atoms with Crippen molar-refractivity contribution in [2.75, 3.05) is 12.4 Å². The van der Waals surface area contributed by atoms with Crippen molar-refractivity contribution in [3.05, 3.63) is 100.0 Å². The van der Waals surface area contributed by atoms with Gasteiger partial charge in [-0.15, -0.1) is 0 Å². The van der Waals surface area contributed by atoms with E-state index in [9.17, 15) is 14.0 Å². The lowest BCUT2D eigenvalue weighted by Gasteiger charge is -2.16. The minimum absolute atomic E-state index is 0.0301. The fourth-order valence-electron chi connectivity index (χ4n) is 3.54. The highest BCUT2D eigenvalue weighted by Crippen LogP contribution is 2.33. The number of benzene rings is 3. The van der Waals surface area contributed by atoms with Crippen molar-refractivity contribution >= 4 is 34.7 Å². The fraction of sp³-hybridized carbons (Fsp3) is 0.120. The zero-order chi connectivity index (χ0) is 22.8. The van der Waals surface area contributed by atoms with Crippen molar-refractivity contribution in [1.29, 1.82) is 0 Å². The minimum atomic E-state index is -0.459. The zero-order valence-electron chi connectivity index (χ0n) is 17.5. The van der Waals surface area contributed by atoms with Crippen molar-refractivity contribution in [2.24, 2.45) is 0 Å². The van der Waals surface area contributed by atoms with Gasteiger partial charge in [-0.05, 0) is 66.1 Å². The lowest BCUT2D eigenvalue weighted by molar-refractivity contribution is -0.137. The summed E-state index contributed by atoms with van der Waals surface area (Å²) < 4.78 is 18.5. The number of imide groups is 1. The number of nitrogens with one attached hydrogen (secondary N) is 1. The Hall–Kier alpha value is -3.64. The molecule has 0 bridgehead atoms. The molecule has 1 heterocycles. The first-order valence-corrected chi connectivity index (χ1v) is 10.3. The largest absolute Gasteiger partial charge is 0.497 e. The number of rotatable bonds is 6. The van der Waals surface area contributed by atoms with Gasteiger partial charge in [-0.25, -0.2) is 4.39 Å². The summed E-state index contributed by atoms with van der Waals surface area (Å²) in [6.07, 6.45) is 0. The Morgan fingerprint density at radius 2 is 1.66 bits per heavy atom. The van der Waals surface area contributed by atoms with Gasteiger partial charge in [0.25, 0.3) is 11.8 Å². The van der Waals surface area contributed by atoms with Gasteiger partial charge in [-0.2, -0.15) is 0 Å². The van der Waals surface area contributed by atoms with Crippen LogP contribution in [0.5, 0.6) is 5.75 Å². The number of ether oxygens (including phenoxy) is 1. The molecule has 0 atom stereocenters. The van der Waals surface area contributed by atoms with Crippen LogP contribution in [0.4, 0.5) is 10.1 Å². The summed E-state index contributed by atoms with van der Waals surface area (Å²) >= 11 is 6.06. The summed E-state index contributed by atoms with van der Waals surface area (Å²) in [5, 5.41) is 3.71. The third kappa shape index (κ3) is 4.22. The molecule has 0 fully saturated rings. The second kappa shape index (κ2) is 8.85. The summed E-state index contributed by atoms with van der Waals surface area (Å²) in [4.78, 5) is 27.9. The van der Waals surface area contributed by atoms with Crippen LogP contribution in [0.2, 0.25) is 5.02 Å². The Bertz CT molecular complexity index is 1220. The van der Waals surface area contributed by atoms with Crippen LogP contribution in [0.25, 0.3) is 5.57 Å². The van der Waals surface area contributed by atoms with Crippen molar-refractivity contribution in [2.45, 2.75) is 13.5 Å². The number of aryl methyl sites for hydroxylation is 1. The first-order chi connectivity index (χ1) is 15.4. The van der Waals surface area contributed by atoms with Gasteiger partial charge in [0.2, 0.25) is 0 Å². The maximum Gasteiger partial charge on any atom is 0.278 e. The summed E-state index contributed by atoms with van der Waals surface area (Å²) in [7, 11) is 1.55. The van der Waals surface area contributed by atoms with Crippen LogP contribution < -0.4 is 10.1 Å². The van der Waals surface area contributed by atoms with Gasteiger partial charge in [0.05, 0.1) is 19.2 Å². The van der Waals surface area contributed by atoms with Crippen molar-refractivity contribution in [3.63, 3.8) is 0 Å². The lowest BCUT2D eigenvalue weighted by Crippen LogP contribution is -2.32. The Kier molecular flexibility index (Phi) is 5.97. The van der Waals surface area contributed by atoms with Gasteiger partial charge in [-0.1, -0.05) is 35.9 Å². The van der Waals surface area contributed by atoms with Crippen molar-refractivity contribution in [3.8, 4) is 5.75 Å². The average molecular weight is 451 g/mol. The molecule has 1 N–H and O–H groups in total. The molecule has 0 aliphatic carbocycles. The molecule has 7 heteroatoms. The molecule has 0 radical (unpaired) electrons. The number of hydrogen-bond acceptors (Lipinski definition) is 4. The topological polar surface area (TPSA) is 58.6 Å². The third-order valence-electron chi connectivity index (χ3n) is 5.25. The van der Waals surface area contributed by atoms with Crippen molar-refractivity contribution < 1.29 is 18.7 Å². The quantitative estimate of drug-likeness (QED) is 0.525. The first kappa shape index (κ1) is 21.6. The highest BCUT2D eigenvalue weighted by atomic mass is 35.5. The van der Waals surface area contributed by atoms with E-state index in [2.05, 4.69) is 5.32 Å². The predicted octanol–water partition coefficient (Wildman–Crippen LogP) is 5.19. The van der Waals surface area contributed by atoms with E-state index >= 15 is 0 Å². The first-order valence-electron chi connectivity index (χ1n) is 9.90. The van der Waals surface area contributed by atoms with E-state index in [1.807, 2.05) is 6.92 Å². The monoisotopic (exact) mass is 450 g/mol. The van der Waals surface area contributed by atoms with Crippen LogP contribution in [-0.4, -0.2) is 23.8 Å². The molecule has 0 saturated carbocycles. The molecule has 0 aromatic heterocycles. The van der Waals surface area contributed by atoms with E-state index in [1.165, 1.54) is 12.1 Å². The molecule has 0 spiro atoms. The number of anilines is 1. The van der Waals surface area contributed by atoms with E-state index < -0.39 is 11.8 Å². The molecule has 4 rings (SSSR count). The van der Waals surface area contributed by atoms with Gasteiger partial charge >= 0.3 is 0 Å². The SMILES string of the molecule is COc1ccc(C2=C(Nc3ccc(Cl)cc3C)C(=O)N(Cc3ccc(F)cc3)C2=O)cc1. The second-order valence-electron chi connectivity index (χ2n) is 7.39. The number of halogens is 2. The van der Waals surface area contributed by atoms with Gasteiger partial charge in [0.1, 0.15) is 17.3 Å². The van der Waals surface area contributed by atoms with E-state index in [0.29, 0.717) is 27.6 Å². The molecule has 162 valence electrons. The number of nitrogens with zero attached hydrogens (tertiary/aromatic N) is 1. The zero-order valence-corrected chi connectivity index (χ0v) is 18.2. The van der Waals surface area contributed by atoms with Gasteiger partial charge in [0, 0.05) is 10.7 Å². The van der Waals surface area contributed by atoms with Crippen molar-refractivity contribution in [1.82, 2.24) is 4.90 Å². The second-order valence-corrected chi connectivity index (χ2v) is 7.82. The Labute approximate surface area is 190 Å². The average Bonchev–Trinajstić information content (AvgIpc) is 3.01. The van der Waals surface area contributed by atoms with Crippen LogP contribution in [0, 0.1) is 12.7 Å². The molecule has 5 nitrogen and oxygen atoms in total. The molecule has 3 aromatic carbocycles. The van der Waals surface area contributed by atoms with E-state index in [-0.39, 0.29) is 23.6 Å². The standard InChI is InChI=1S/C25H20ClFN2O3/c1-15-13-18(26)7-12-21(15)28-23-22(17-5-10-20(32-2)11-6-17)24(30)29(25(23)31)14-16-3-8-19(27)9-4-16/h3-13,28H,14H2,1-2H3. The minimum Gasteiger partial charge on any atom is -0.497 e. The normalized spacial score (nSPS) is 13.7. The number of hydrogen-bond donors (Lipinski definition) is 1. The van der Waals surface area contributed by atoms with E-state index in [4.69, 9.17) is 16.3 Å². The molecule has 1 aliphatic rings. The lowest BCUT2D eigenvalue weighted by atomic mass is 10.0. The highest BCUT2D eigenvalue weighted by molar-refractivity contribution is 6.36. The maximum atomic E-state index is 13.4.